The molecule has 0 saturated heterocycles. The molecule has 0 fully saturated rings. The number of hydrazone groups is 1. The minimum absolute atomic E-state index is 0.0521. The quantitative estimate of drug-likeness (QED) is 0.434. The summed E-state index contributed by atoms with van der Waals surface area (Å²) in [5, 5.41) is 3.91. The van der Waals surface area contributed by atoms with E-state index in [-0.39, 0.29) is 12.5 Å². The Hall–Kier alpha value is -2.36. The first-order valence-electron chi connectivity index (χ1n) is 8.19. The molecule has 0 bridgehead atoms. The number of hydrogen-bond acceptors (Lipinski definition) is 3. The molecular weight excluding hydrogens is 300 g/mol. The van der Waals surface area contributed by atoms with Gasteiger partial charge in [-0.05, 0) is 76.8 Å². The fourth-order valence-electron chi connectivity index (χ4n) is 2.14. The van der Waals surface area contributed by atoms with Crippen LogP contribution in [0.5, 0.6) is 5.75 Å². The first kappa shape index (κ1) is 19.7. The van der Waals surface area contributed by atoms with Gasteiger partial charge in [0.2, 0.25) is 0 Å². The van der Waals surface area contributed by atoms with Crippen LogP contribution in [0.15, 0.2) is 46.6 Å². The van der Waals surface area contributed by atoms with E-state index in [0.29, 0.717) is 5.75 Å². The van der Waals surface area contributed by atoms with Crippen LogP contribution in [0, 0.1) is 13.8 Å². The molecule has 0 heterocycles. The molecule has 24 heavy (non-hydrogen) atoms. The average Bonchev–Trinajstić information content (AvgIpc) is 2.48. The molecule has 0 atom stereocenters. The van der Waals surface area contributed by atoms with Gasteiger partial charge in [0.15, 0.2) is 6.61 Å². The van der Waals surface area contributed by atoms with E-state index in [1.165, 1.54) is 11.1 Å². The van der Waals surface area contributed by atoms with Gasteiger partial charge in [-0.15, -0.1) is 0 Å². The molecule has 0 unspecified atom stereocenters. The summed E-state index contributed by atoms with van der Waals surface area (Å²) in [5.41, 5.74) is 7.22. The van der Waals surface area contributed by atoms with Gasteiger partial charge in [0, 0.05) is 6.21 Å². The van der Waals surface area contributed by atoms with E-state index in [1.54, 1.807) is 6.21 Å². The summed E-state index contributed by atoms with van der Waals surface area (Å²) in [6, 6.07) is 5.87. The lowest BCUT2D eigenvalue weighted by atomic mass is 10.1. The third-order valence-corrected chi connectivity index (χ3v) is 3.28. The number of hydrogen-bond donors (Lipinski definition) is 1. The number of allylic oxidation sites excluding steroid dienone is 4. The molecular formula is C20H28N2O2. The van der Waals surface area contributed by atoms with E-state index in [4.69, 9.17) is 4.74 Å². The molecule has 4 heteroatoms. The summed E-state index contributed by atoms with van der Waals surface area (Å²) < 4.78 is 5.48. The molecule has 1 aromatic rings. The van der Waals surface area contributed by atoms with E-state index < -0.39 is 0 Å². The van der Waals surface area contributed by atoms with E-state index in [2.05, 4.69) is 43.4 Å². The first-order valence-corrected chi connectivity index (χ1v) is 8.19. The zero-order chi connectivity index (χ0) is 17.9. The highest BCUT2D eigenvalue weighted by Crippen LogP contribution is 2.15. The molecule has 0 saturated carbocycles. The van der Waals surface area contributed by atoms with Gasteiger partial charge in [0.1, 0.15) is 5.75 Å². The summed E-state index contributed by atoms with van der Waals surface area (Å²) in [7, 11) is 0. The molecule has 1 rings (SSSR count). The Morgan fingerprint density at radius 3 is 2.46 bits per heavy atom. The number of rotatable bonds is 8. The number of ether oxygens (including phenoxy) is 1. The fraction of sp³-hybridized carbons (Fsp3) is 0.400. The topological polar surface area (TPSA) is 50.7 Å². The van der Waals surface area contributed by atoms with Crippen molar-refractivity contribution in [1.82, 2.24) is 5.43 Å². The number of carbonyl (C=O) groups excluding carboxylic acids is 1. The molecule has 4 nitrogen and oxygen atoms in total. The summed E-state index contributed by atoms with van der Waals surface area (Å²) in [6.07, 6.45) is 7.73. The van der Waals surface area contributed by atoms with Gasteiger partial charge >= 0.3 is 0 Å². The van der Waals surface area contributed by atoms with Crippen LogP contribution >= 0.6 is 0 Å². The number of aryl methyl sites for hydroxylation is 2. The third kappa shape index (κ3) is 8.93. The molecule has 0 aliphatic rings. The van der Waals surface area contributed by atoms with Crippen molar-refractivity contribution >= 4 is 12.1 Å². The molecule has 0 aromatic heterocycles. The van der Waals surface area contributed by atoms with Crippen LogP contribution in [-0.4, -0.2) is 18.7 Å². The Kier molecular flexibility index (Phi) is 8.55. The molecule has 0 aliphatic carbocycles. The Bertz CT molecular complexity index is 619. The van der Waals surface area contributed by atoms with Gasteiger partial charge in [-0.1, -0.05) is 23.3 Å². The van der Waals surface area contributed by atoms with Crippen LogP contribution in [0.4, 0.5) is 0 Å². The second-order valence-corrected chi connectivity index (χ2v) is 6.26. The standard InChI is InChI=1S/C20H28N2O2/c1-15(2)7-6-8-16(3)9-10-21-22-20(23)14-24-19-12-17(4)11-18(5)13-19/h7,9-13H,6,8,14H2,1-5H3,(H,22,23). The summed E-state index contributed by atoms with van der Waals surface area (Å²) in [6.45, 7) is 10.2. The number of nitrogens with one attached hydrogen (secondary N) is 1. The van der Waals surface area contributed by atoms with Gasteiger partial charge in [0.25, 0.3) is 5.91 Å². The zero-order valence-corrected chi connectivity index (χ0v) is 15.3. The van der Waals surface area contributed by atoms with E-state index >= 15 is 0 Å². The van der Waals surface area contributed by atoms with Crippen molar-refractivity contribution in [2.75, 3.05) is 6.61 Å². The van der Waals surface area contributed by atoms with Crippen molar-refractivity contribution in [3.8, 4) is 5.75 Å². The molecule has 1 aromatic carbocycles. The second-order valence-electron chi connectivity index (χ2n) is 6.26. The lowest BCUT2D eigenvalue weighted by Gasteiger charge is -2.07. The van der Waals surface area contributed by atoms with Crippen LogP contribution in [0.3, 0.4) is 0 Å². The van der Waals surface area contributed by atoms with Crippen molar-refractivity contribution in [1.29, 1.82) is 0 Å². The summed E-state index contributed by atoms with van der Waals surface area (Å²) >= 11 is 0. The van der Waals surface area contributed by atoms with Crippen molar-refractivity contribution in [2.45, 2.75) is 47.5 Å². The molecule has 1 amide bonds. The number of benzene rings is 1. The molecule has 0 spiro atoms. The lowest BCUT2D eigenvalue weighted by Crippen LogP contribution is -2.24. The Morgan fingerprint density at radius 2 is 1.83 bits per heavy atom. The second kappa shape index (κ2) is 10.4. The highest BCUT2D eigenvalue weighted by Gasteiger charge is 2.02. The van der Waals surface area contributed by atoms with Crippen molar-refractivity contribution < 1.29 is 9.53 Å². The predicted molar refractivity (Wildman–Crippen MR) is 100 cm³/mol. The van der Waals surface area contributed by atoms with Gasteiger partial charge < -0.3 is 4.74 Å². The van der Waals surface area contributed by atoms with Gasteiger partial charge in [-0.2, -0.15) is 5.10 Å². The monoisotopic (exact) mass is 328 g/mol. The van der Waals surface area contributed by atoms with Gasteiger partial charge in [-0.3, -0.25) is 4.79 Å². The number of amides is 1. The Morgan fingerprint density at radius 1 is 1.17 bits per heavy atom. The molecule has 0 aliphatic heterocycles. The smallest absolute Gasteiger partial charge is 0.277 e. The summed E-state index contributed by atoms with van der Waals surface area (Å²) in [5.74, 6) is 0.419. The van der Waals surface area contributed by atoms with E-state index in [0.717, 1.165) is 24.0 Å². The highest BCUT2D eigenvalue weighted by atomic mass is 16.5. The maximum absolute atomic E-state index is 11.7. The minimum Gasteiger partial charge on any atom is -0.484 e. The maximum Gasteiger partial charge on any atom is 0.277 e. The number of carbonyl (C=O) groups is 1. The fourth-order valence-corrected chi connectivity index (χ4v) is 2.14. The van der Waals surface area contributed by atoms with E-state index in [9.17, 15) is 4.79 Å². The molecule has 1 N–H and O–H groups in total. The van der Waals surface area contributed by atoms with Crippen LogP contribution in [-0.2, 0) is 4.79 Å². The van der Waals surface area contributed by atoms with Gasteiger partial charge in [0.05, 0.1) is 0 Å². The van der Waals surface area contributed by atoms with Crippen LogP contribution in [0.2, 0.25) is 0 Å². The summed E-state index contributed by atoms with van der Waals surface area (Å²) in [4.78, 5) is 11.7. The van der Waals surface area contributed by atoms with Gasteiger partial charge in [-0.25, -0.2) is 5.43 Å². The number of nitrogens with zero attached hydrogens (tertiary/aromatic N) is 1. The highest BCUT2D eigenvalue weighted by molar-refractivity contribution is 5.79. The van der Waals surface area contributed by atoms with Crippen LogP contribution < -0.4 is 10.2 Å². The predicted octanol–water partition coefficient (Wildman–Crippen LogP) is 4.48. The Labute approximate surface area is 145 Å². The molecule has 0 radical (unpaired) electrons. The van der Waals surface area contributed by atoms with Crippen molar-refractivity contribution in [2.24, 2.45) is 5.10 Å². The Balaban J connectivity index is 2.33. The van der Waals surface area contributed by atoms with E-state index in [1.807, 2.05) is 32.1 Å². The zero-order valence-electron chi connectivity index (χ0n) is 15.3. The van der Waals surface area contributed by atoms with Crippen LogP contribution in [0.25, 0.3) is 0 Å². The average molecular weight is 328 g/mol. The SMILES string of the molecule is CC(C)=CCCC(C)=CC=NNC(=O)COc1cc(C)cc(C)c1. The molecule has 130 valence electrons. The third-order valence-electron chi connectivity index (χ3n) is 3.28. The first-order chi connectivity index (χ1) is 11.4. The van der Waals surface area contributed by atoms with Crippen molar-refractivity contribution in [3.63, 3.8) is 0 Å². The minimum atomic E-state index is -0.277. The largest absolute Gasteiger partial charge is 0.484 e. The van der Waals surface area contributed by atoms with Crippen molar-refractivity contribution in [3.05, 3.63) is 52.6 Å². The lowest BCUT2D eigenvalue weighted by molar-refractivity contribution is -0.123. The van der Waals surface area contributed by atoms with Crippen LogP contribution in [0.1, 0.15) is 44.7 Å². The normalized spacial score (nSPS) is 11.5. The maximum atomic E-state index is 11.7.